The molecule has 1 fully saturated rings. The van der Waals surface area contributed by atoms with E-state index in [0.29, 0.717) is 21.8 Å². The summed E-state index contributed by atoms with van der Waals surface area (Å²) < 4.78 is 5.42. The molecule has 0 spiro atoms. The van der Waals surface area contributed by atoms with Crippen LogP contribution in [0.15, 0.2) is 22.7 Å². The van der Waals surface area contributed by atoms with Crippen LogP contribution in [0.1, 0.15) is 44.4 Å². The molecule has 0 bridgehead atoms. The van der Waals surface area contributed by atoms with Crippen molar-refractivity contribution in [2.75, 3.05) is 0 Å². The normalized spacial score (nSPS) is 18.4. The fraction of sp³-hybridized carbons (Fsp3) is 0.467. The van der Waals surface area contributed by atoms with Crippen molar-refractivity contribution >= 4 is 23.2 Å². The summed E-state index contributed by atoms with van der Waals surface area (Å²) in [6, 6.07) is 5.19. The van der Waals surface area contributed by atoms with Crippen LogP contribution in [0.5, 0.6) is 0 Å². The summed E-state index contributed by atoms with van der Waals surface area (Å²) in [4.78, 5) is 4.48. The van der Waals surface area contributed by atoms with Gasteiger partial charge in [0.25, 0.3) is 0 Å². The van der Waals surface area contributed by atoms with Crippen LogP contribution >= 0.6 is 23.2 Å². The van der Waals surface area contributed by atoms with Crippen molar-refractivity contribution in [3.05, 3.63) is 34.1 Å². The first kappa shape index (κ1) is 14.8. The van der Waals surface area contributed by atoms with E-state index in [9.17, 15) is 0 Å². The second-order valence-corrected chi connectivity index (χ2v) is 6.52. The molecule has 112 valence electrons. The number of aromatic nitrogens is 2. The minimum atomic E-state index is -0.510. The van der Waals surface area contributed by atoms with Gasteiger partial charge in [0.1, 0.15) is 0 Å². The molecule has 1 saturated carbocycles. The Kier molecular flexibility index (Phi) is 4.20. The Balaban J connectivity index is 1.92. The molecule has 0 unspecified atom stereocenters. The van der Waals surface area contributed by atoms with Gasteiger partial charge >= 0.3 is 0 Å². The zero-order valence-corrected chi connectivity index (χ0v) is 13.1. The van der Waals surface area contributed by atoms with Crippen LogP contribution in [-0.2, 0) is 5.54 Å². The smallest absolute Gasteiger partial charge is 0.247 e. The predicted molar refractivity (Wildman–Crippen MR) is 83.3 cm³/mol. The number of rotatable bonds is 2. The number of benzene rings is 1. The van der Waals surface area contributed by atoms with Gasteiger partial charge in [0.15, 0.2) is 0 Å². The van der Waals surface area contributed by atoms with Gasteiger partial charge in [-0.25, -0.2) is 0 Å². The van der Waals surface area contributed by atoms with E-state index in [1.54, 1.807) is 18.2 Å². The van der Waals surface area contributed by atoms with Gasteiger partial charge in [0, 0.05) is 15.6 Å². The number of hydrogen-bond donors (Lipinski definition) is 1. The van der Waals surface area contributed by atoms with Crippen molar-refractivity contribution in [2.45, 2.75) is 44.1 Å². The summed E-state index contributed by atoms with van der Waals surface area (Å²) in [7, 11) is 0. The molecule has 1 aromatic carbocycles. The summed E-state index contributed by atoms with van der Waals surface area (Å²) in [5.41, 5.74) is 6.71. The minimum absolute atomic E-state index is 0.475. The largest absolute Gasteiger partial charge is 0.337 e. The molecule has 6 heteroatoms. The first-order valence-corrected chi connectivity index (χ1v) is 7.92. The average molecular weight is 326 g/mol. The molecule has 2 N–H and O–H groups in total. The van der Waals surface area contributed by atoms with Crippen LogP contribution in [0.3, 0.4) is 0 Å². The zero-order chi connectivity index (χ0) is 14.9. The summed E-state index contributed by atoms with van der Waals surface area (Å²) in [6.45, 7) is 0. The fourth-order valence-electron chi connectivity index (χ4n) is 2.80. The third-order valence-electron chi connectivity index (χ3n) is 3.97. The highest BCUT2D eigenvalue weighted by molar-refractivity contribution is 6.35. The van der Waals surface area contributed by atoms with E-state index in [4.69, 9.17) is 33.5 Å². The lowest BCUT2D eigenvalue weighted by molar-refractivity contribution is 0.257. The molecule has 0 saturated heterocycles. The molecule has 3 rings (SSSR count). The van der Waals surface area contributed by atoms with Gasteiger partial charge in [-0.15, -0.1) is 0 Å². The van der Waals surface area contributed by atoms with Crippen LogP contribution in [0.2, 0.25) is 10.0 Å². The summed E-state index contributed by atoms with van der Waals surface area (Å²) in [5, 5.41) is 5.12. The van der Waals surface area contributed by atoms with Crippen molar-refractivity contribution < 1.29 is 4.52 Å². The maximum Gasteiger partial charge on any atom is 0.247 e. The van der Waals surface area contributed by atoms with E-state index in [0.717, 1.165) is 31.2 Å². The van der Waals surface area contributed by atoms with Crippen LogP contribution < -0.4 is 5.73 Å². The molecule has 1 aliphatic rings. The standard InChI is InChI=1S/C15H17Cl2N3O/c16-11-7-10(8-12(17)9-11)13-19-14(21-20-13)15(18)5-3-1-2-4-6-15/h7-9H,1-6,18H2. The van der Waals surface area contributed by atoms with Crippen molar-refractivity contribution in [2.24, 2.45) is 5.73 Å². The SMILES string of the molecule is NC1(c2nc(-c3cc(Cl)cc(Cl)c3)no2)CCCCCC1. The quantitative estimate of drug-likeness (QED) is 0.822. The predicted octanol–water partition coefficient (Wildman–Crippen LogP) is 4.55. The van der Waals surface area contributed by atoms with E-state index in [-0.39, 0.29) is 0 Å². The Morgan fingerprint density at radius 1 is 1.00 bits per heavy atom. The molecule has 0 radical (unpaired) electrons. The molecule has 0 amide bonds. The van der Waals surface area contributed by atoms with Gasteiger partial charge in [0.2, 0.25) is 11.7 Å². The van der Waals surface area contributed by atoms with Crippen LogP contribution in [0.4, 0.5) is 0 Å². The molecule has 1 heterocycles. The topological polar surface area (TPSA) is 64.9 Å². The molecule has 4 nitrogen and oxygen atoms in total. The summed E-state index contributed by atoms with van der Waals surface area (Å²) >= 11 is 12.0. The lowest BCUT2D eigenvalue weighted by atomic mass is 9.91. The third kappa shape index (κ3) is 3.23. The Hall–Kier alpha value is -1.10. The molecule has 0 aliphatic heterocycles. The maximum atomic E-state index is 6.48. The van der Waals surface area contributed by atoms with Crippen LogP contribution in [0, 0.1) is 0 Å². The molecule has 0 atom stereocenters. The first-order chi connectivity index (χ1) is 10.1. The molecule has 1 aromatic heterocycles. The molecule has 1 aliphatic carbocycles. The Bertz CT molecular complexity index is 613. The van der Waals surface area contributed by atoms with E-state index in [1.165, 1.54) is 12.8 Å². The number of halogens is 2. The lowest BCUT2D eigenvalue weighted by Gasteiger charge is -2.22. The van der Waals surface area contributed by atoms with Gasteiger partial charge < -0.3 is 10.3 Å². The zero-order valence-electron chi connectivity index (χ0n) is 11.6. The molecular weight excluding hydrogens is 309 g/mol. The van der Waals surface area contributed by atoms with Crippen LogP contribution in [0.25, 0.3) is 11.4 Å². The molecule has 21 heavy (non-hydrogen) atoms. The fourth-order valence-corrected chi connectivity index (χ4v) is 3.33. The first-order valence-electron chi connectivity index (χ1n) is 7.16. The number of nitrogens with zero attached hydrogens (tertiary/aromatic N) is 2. The van der Waals surface area contributed by atoms with Gasteiger partial charge in [-0.3, -0.25) is 0 Å². The summed E-state index contributed by atoms with van der Waals surface area (Å²) in [5.74, 6) is 0.985. The highest BCUT2D eigenvalue weighted by Crippen LogP contribution is 2.34. The van der Waals surface area contributed by atoms with E-state index in [2.05, 4.69) is 10.1 Å². The molecular formula is C15H17Cl2N3O. The monoisotopic (exact) mass is 325 g/mol. The van der Waals surface area contributed by atoms with E-state index < -0.39 is 5.54 Å². The van der Waals surface area contributed by atoms with Gasteiger partial charge in [-0.2, -0.15) is 4.98 Å². The summed E-state index contributed by atoms with van der Waals surface area (Å²) in [6.07, 6.45) is 6.37. The van der Waals surface area contributed by atoms with E-state index in [1.807, 2.05) is 0 Å². The van der Waals surface area contributed by atoms with Gasteiger partial charge in [-0.05, 0) is 31.0 Å². The van der Waals surface area contributed by atoms with Crippen molar-refractivity contribution in [3.63, 3.8) is 0 Å². The second kappa shape index (κ2) is 5.95. The maximum absolute atomic E-state index is 6.48. The second-order valence-electron chi connectivity index (χ2n) is 5.65. The number of hydrogen-bond acceptors (Lipinski definition) is 4. The third-order valence-corrected chi connectivity index (χ3v) is 4.40. The highest BCUT2D eigenvalue weighted by Gasteiger charge is 2.34. The number of nitrogens with two attached hydrogens (primary N) is 1. The Morgan fingerprint density at radius 3 is 2.24 bits per heavy atom. The van der Waals surface area contributed by atoms with Crippen molar-refractivity contribution in [1.29, 1.82) is 0 Å². The van der Waals surface area contributed by atoms with E-state index >= 15 is 0 Å². The Labute approximate surface area is 133 Å². The van der Waals surface area contributed by atoms with Crippen LogP contribution in [-0.4, -0.2) is 10.1 Å². The average Bonchev–Trinajstić information content (AvgIpc) is 2.83. The van der Waals surface area contributed by atoms with Gasteiger partial charge in [-0.1, -0.05) is 54.0 Å². The van der Waals surface area contributed by atoms with Crippen molar-refractivity contribution in [3.8, 4) is 11.4 Å². The Morgan fingerprint density at radius 2 is 1.62 bits per heavy atom. The minimum Gasteiger partial charge on any atom is -0.337 e. The molecule has 2 aromatic rings. The van der Waals surface area contributed by atoms with Crippen molar-refractivity contribution in [1.82, 2.24) is 10.1 Å². The van der Waals surface area contributed by atoms with Gasteiger partial charge in [0.05, 0.1) is 5.54 Å². The highest BCUT2D eigenvalue weighted by atomic mass is 35.5. The lowest BCUT2D eigenvalue weighted by Crippen LogP contribution is -2.36.